The van der Waals surface area contributed by atoms with Gasteiger partial charge in [-0.2, -0.15) is 0 Å². The Kier molecular flexibility index (Phi) is 8.06. The molecule has 6 heteroatoms. The van der Waals surface area contributed by atoms with Gasteiger partial charge in [-0.25, -0.2) is 0 Å². The Bertz CT molecular complexity index is 504. The summed E-state index contributed by atoms with van der Waals surface area (Å²) in [5, 5.41) is 6.00. The van der Waals surface area contributed by atoms with E-state index in [2.05, 4.69) is 10.6 Å². The van der Waals surface area contributed by atoms with Gasteiger partial charge >= 0.3 is 0 Å². The normalized spacial score (nSPS) is 14.5. The molecule has 128 valence electrons. The van der Waals surface area contributed by atoms with Gasteiger partial charge in [0.15, 0.2) is 0 Å². The quantitative estimate of drug-likeness (QED) is 0.748. The van der Waals surface area contributed by atoms with E-state index in [0.29, 0.717) is 6.42 Å². The Balaban J connectivity index is 0.00000264. The molecule has 1 aromatic rings. The third-order valence-electron chi connectivity index (χ3n) is 3.77. The fourth-order valence-electron chi connectivity index (χ4n) is 2.32. The second kappa shape index (κ2) is 9.53. The minimum absolute atomic E-state index is 0. The number of hydrogen-bond acceptors (Lipinski definition) is 3. The Morgan fingerprint density at radius 1 is 1.22 bits per heavy atom. The smallest absolute Gasteiger partial charge is 0.244 e. The largest absolute Gasteiger partial charge is 0.347 e. The van der Waals surface area contributed by atoms with Gasteiger partial charge in [0.25, 0.3) is 0 Å². The van der Waals surface area contributed by atoms with Crippen molar-refractivity contribution in [2.24, 2.45) is 5.92 Å². The van der Waals surface area contributed by atoms with E-state index in [0.717, 1.165) is 18.0 Å². The van der Waals surface area contributed by atoms with Crippen molar-refractivity contribution in [3.63, 3.8) is 0 Å². The van der Waals surface area contributed by atoms with Crippen LogP contribution in [0.4, 0.5) is 0 Å². The average Bonchev–Trinajstić information content (AvgIpc) is 3.31. The summed E-state index contributed by atoms with van der Waals surface area (Å²) in [5.41, 5.74) is 1.04. The summed E-state index contributed by atoms with van der Waals surface area (Å²) in [5.74, 6) is 0.521. The lowest BCUT2D eigenvalue weighted by Crippen LogP contribution is -2.49. The number of amides is 2. The van der Waals surface area contributed by atoms with Gasteiger partial charge in [0, 0.05) is 20.5 Å². The minimum Gasteiger partial charge on any atom is -0.347 e. The zero-order valence-electron chi connectivity index (χ0n) is 13.7. The number of nitrogens with zero attached hydrogens (tertiary/aromatic N) is 1. The van der Waals surface area contributed by atoms with Crippen LogP contribution < -0.4 is 10.6 Å². The number of carbonyl (C=O) groups is 2. The van der Waals surface area contributed by atoms with E-state index in [4.69, 9.17) is 0 Å². The van der Waals surface area contributed by atoms with Crippen LogP contribution in [0.3, 0.4) is 0 Å². The van der Waals surface area contributed by atoms with E-state index in [1.165, 1.54) is 17.7 Å². The monoisotopic (exact) mass is 339 g/mol. The summed E-state index contributed by atoms with van der Waals surface area (Å²) in [6.45, 7) is 1.15. The van der Waals surface area contributed by atoms with E-state index in [1.54, 1.807) is 14.1 Å². The minimum atomic E-state index is -0.521. The molecule has 0 aromatic heterocycles. The predicted molar refractivity (Wildman–Crippen MR) is 93.6 cm³/mol. The van der Waals surface area contributed by atoms with Crippen molar-refractivity contribution in [2.75, 3.05) is 27.2 Å². The molecule has 1 atom stereocenters. The van der Waals surface area contributed by atoms with E-state index < -0.39 is 6.04 Å². The SMILES string of the molecule is CN(C)C(=O)C(Cc1ccccc1)NC(=O)CNCC1CC1.Cl. The van der Waals surface area contributed by atoms with Crippen molar-refractivity contribution in [3.05, 3.63) is 35.9 Å². The molecule has 1 aliphatic carbocycles. The third kappa shape index (κ3) is 7.01. The first-order chi connectivity index (χ1) is 10.6. The van der Waals surface area contributed by atoms with Crippen molar-refractivity contribution >= 4 is 24.2 Å². The van der Waals surface area contributed by atoms with E-state index in [1.807, 2.05) is 30.3 Å². The third-order valence-corrected chi connectivity index (χ3v) is 3.77. The number of nitrogens with one attached hydrogen (secondary N) is 2. The molecule has 0 saturated heterocycles. The molecule has 1 fully saturated rings. The zero-order chi connectivity index (χ0) is 15.9. The molecule has 0 spiro atoms. The standard InChI is InChI=1S/C17H25N3O2.ClH/c1-20(2)17(22)15(10-13-6-4-3-5-7-13)19-16(21)12-18-11-14-8-9-14;/h3-7,14-15,18H,8-12H2,1-2H3,(H,19,21);1H. The Morgan fingerprint density at radius 2 is 1.87 bits per heavy atom. The highest BCUT2D eigenvalue weighted by Gasteiger charge is 2.24. The Labute approximate surface area is 144 Å². The number of hydrogen-bond donors (Lipinski definition) is 2. The maximum atomic E-state index is 12.3. The Morgan fingerprint density at radius 3 is 2.43 bits per heavy atom. The zero-order valence-corrected chi connectivity index (χ0v) is 14.6. The number of carbonyl (C=O) groups excluding carboxylic acids is 2. The number of benzene rings is 1. The maximum absolute atomic E-state index is 12.3. The highest BCUT2D eigenvalue weighted by atomic mass is 35.5. The lowest BCUT2D eigenvalue weighted by molar-refractivity contribution is -0.134. The molecule has 2 rings (SSSR count). The molecule has 0 aliphatic heterocycles. The summed E-state index contributed by atoms with van der Waals surface area (Å²) >= 11 is 0. The topological polar surface area (TPSA) is 61.4 Å². The molecular weight excluding hydrogens is 314 g/mol. The number of likely N-dealkylation sites (N-methyl/N-ethyl adjacent to an activating group) is 1. The van der Waals surface area contributed by atoms with Crippen LogP contribution in [0.2, 0.25) is 0 Å². The van der Waals surface area contributed by atoms with Gasteiger partial charge in [-0.05, 0) is 30.9 Å². The highest BCUT2D eigenvalue weighted by molar-refractivity contribution is 5.88. The fourth-order valence-corrected chi connectivity index (χ4v) is 2.32. The summed E-state index contributed by atoms with van der Waals surface area (Å²) < 4.78 is 0. The van der Waals surface area contributed by atoms with Crippen molar-refractivity contribution in [1.82, 2.24) is 15.5 Å². The molecule has 23 heavy (non-hydrogen) atoms. The summed E-state index contributed by atoms with van der Waals surface area (Å²) in [7, 11) is 3.41. The maximum Gasteiger partial charge on any atom is 0.244 e. The van der Waals surface area contributed by atoms with Crippen LogP contribution in [0.1, 0.15) is 18.4 Å². The van der Waals surface area contributed by atoms with Gasteiger partial charge in [-0.1, -0.05) is 30.3 Å². The molecule has 1 unspecified atom stereocenters. The molecule has 0 bridgehead atoms. The van der Waals surface area contributed by atoms with Crippen molar-refractivity contribution in [3.8, 4) is 0 Å². The molecule has 1 aliphatic rings. The molecule has 2 amide bonds. The molecule has 2 N–H and O–H groups in total. The van der Waals surface area contributed by atoms with Crippen LogP contribution in [-0.4, -0.2) is 49.9 Å². The molecule has 5 nitrogen and oxygen atoms in total. The second-order valence-electron chi connectivity index (χ2n) is 6.12. The second-order valence-corrected chi connectivity index (χ2v) is 6.12. The lowest BCUT2D eigenvalue weighted by Gasteiger charge is -2.22. The first kappa shape index (κ1) is 19.5. The lowest BCUT2D eigenvalue weighted by atomic mass is 10.0. The van der Waals surface area contributed by atoms with Crippen LogP contribution >= 0.6 is 12.4 Å². The Hall–Kier alpha value is -1.59. The van der Waals surface area contributed by atoms with Gasteiger partial charge in [-0.3, -0.25) is 9.59 Å². The van der Waals surface area contributed by atoms with E-state index >= 15 is 0 Å². The van der Waals surface area contributed by atoms with Gasteiger partial charge < -0.3 is 15.5 Å². The van der Waals surface area contributed by atoms with Gasteiger partial charge in [0.2, 0.25) is 11.8 Å². The van der Waals surface area contributed by atoms with E-state index in [-0.39, 0.29) is 30.8 Å². The first-order valence-electron chi connectivity index (χ1n) is 7.81. The summed E-state index contributed by atoms with van der Waals surface area (Å²) in [6.07, 6.45) is 3.01. The molecular formula is C17H26ClN3O2. The van der Waals surface area contributed by atoms with Crippen molar-refractivity contribution in [2.45, 2.75) is 25.3 Å². The average molecular weight is 340 g/mol. The first-order valence-corrected chi connectivity index (χ1v) is 7.81. The highest BCUT2D eigenvalue weighted by Crippen LogP contribution is 2.27. The van der Waals surface area contributed by atoms with Crippen LogP contribution in [0, 0.1) is 5.92 Å². The van der Waals surface area contributed by atoms with Crippen LogP contribution in [-0.2, 0) is 16.0 Å². The van der Waals surface area contributed by atoms with Crippen LogP contribution in [0.5, 0.6) is 0 Å². The molecule has 1 aromatic carbocycles. The van der Waals surface area contributed by atoms with Gasteiger partial charge in [0.05, 0.1) is 6.54 Å². The van der Waals surface area contributed by atoms with Gasteiger partial charge in [0.1, 0.15) is 6.04 Å². The summed E-state index contributed by atoms with van der Waals surface area (Å²) in [6, 6.07) is 9.22. The van der Waals surface area contributed by atoms with Crippen molar-refractivity contribution < 1.29 is 9.59 Å². The van der Waals surface area contributed by atoms with Crippen LogP contribution in [0.15, 0.2) is 30.3 Å². The number of halogens is 1. The van der Waals surface area contributed by atoms with Crippen molar-refractivity contribution in [1.29, 1.82) is 0 Å². The number of rotatable bonds is 8. The predicted octanol–water partition coefficient (Wildman–Crippen LogP) is 1.22. The van der Waals surface area contributed by atoms with Crippen LogP contribution in [0.25, 0.3) is 0 Å². The fraction of sp³-hybridized carbons (Fsp3) is 0.529. The molecule has 1 saturated carbocycles. The molecule has 0 heterocycles. The van der Waals surface area contributed by atoms with Gasteiger partial charge in [-0.15, -0.1) is 12.4 Å². The summed E-state index contributed by atoms with van der Waals surface area (Å²) in [4.78, 5) is 25.8. The molecule has 0 radical (unpaired) electrons. The van der Waals surface area contributed by atoms with E-state index in [9.17, 15) is 9.59 Å².